The lowest BCUT2D eigenvalue weighted by Crippen LogP contribution is -2.36. The smallest absolute Gasteiger partial charge is 0.350 e. The van der Waals surface area contributed by atoms with E-state index in [1.54, 1.807) is 0 Å². The Morgan fingerprint density at radius 2 is 2.21 bits per heavy atom. The third-order valence-corrected chi connectivity index (χ3v) is 2.68. The van der Waals surface area contributed by atoms with Crippen molar-refractivity contribution in [2.45, 2.75) is 12.7 Å². The standard InChI is InChI=1S/C10H11F3N4S.HI/c1-3-4-15-9(14-2)16-5-8-17-7(6-18-8)10(11,12)13;/h1,6H,4-5H2,2H3,(H2,14,15,16);1H. The van der Waals surface area contributed by atoms with Gasteiger partial charge in [-0.25, -0.2) is 4.98 Å². The number of hydrogen-bond acceptors (Lipinski definition) is 3. The van der Waals surface area contributed by atoms with E-state index in [2.05, 4.69) is 26.5 Å². The topological polar surface area (TPSA) is 49.3 Å². The number of nitrogens with one attached hydrogen (secondary N) is 2. The van der Waals surface area contributed by atoms with E-state index < -0.39 is 11.9 Å². The molecule has 0 fully saturated rings. The molecule has 0 aliphatic carbocycles. The van der Waals surface area contributed by atoms with Crippen LogP contribution in [-0.4, -0.2) is 24.5 Å². The number of terminal acetylenes is 1. The molecule has 4 nitrogen and oxygen atoms in total. The van der Waals surface area contributed by atoms with E-state index in [4.69, 9.17) is 6.42 Å². The molecule has 1 heterocycles. The molecule has 0 unspecified atom stereocenters. The van der Waals surface area contributed by atoms with Crippen LogP contribution in [0.15, 0.2) is 10.4 Å². The van der Waals surface area contributed by atoms with Crippen molar-refractivity contribution in [3.05, 3.63) is 16.1 Å². The van der Waals surface area contributed by atoms with Crippen LogP contribution in [0.3, 0.4) is 0 Å². The van der Waals surface area contributed by atoms with Gasteiger partial charge in [0.1, 0.15) is 5.01 Å². The monoisotopic (exact) mass is 404 g/mol. The lowest BCUT2D eigenvalue weighted by atomic mass is 10.5. The van der Waals surface area contributed by atoms with Crippen LogP contribution in [0.1, 0.15) is 10.7 Å². The molecule has 106 valence electrons. The zero-order valence-corrected chi connectivity index (χ0v) is 13.1. The van der Waals surface area contributed by atoms with Gasteiger partial charge in [0.2, 0.25) is 0 Å². The van der Waals surface area contributed by atoms with Crippen molar-refractivity contribution in [2.24, 2.45) is 4.99 Å². The van der Waals surface area contributed by atoms with Gasteiger partial charge in [0.25, 0.3) is 0 Å². The Morgan fingerprint density at radius 1 is 1.53 bits per heavy atom. The Labute approximate surface area is 129 Å². The Balaban J connectivity index is 0.00000324. The number of alkyl halides is 3. The van der Waals surface area contributed by atoms with Gasteiger partial charge in [-0.2, -0.15) is 13.2 Å². The number of hydrogen-bond donors (Lipinski definition) is 2. The lowest BCUT2D eigenvalue weighted by molar-refractivity contribution is -0.140. The van der Waals surface area contributed by atoms with Gasteiger partial charge in [0.15, 0.2) is 11.7 Å². The number of thiazole rings is 1. The zero-order chi connectivity index (χ0) is 13.6. The first-order valence-electron chi connectivity index (χ1n) is 4.87. The highest BCUT2D eigenvalue weighted by Gasteiger charge is 2.33. The minimum atomic E-state index is -4.40. The largest absolute Gasteiger partial charge is 0.434 e. The fourth-order valence-electron chi connectivity index (χ4n) is 1.04. The molecule has 0 aliphatic rings. The van der Waals surface area contributed by atoms with E-state index in [9.17, 15) is 13.2 Å². The maximum Gasteiger partial charge on any atom is 0.434 e. The summed E-state index contributed by atoms with van der Waals surface area (Å²) in [4.78, 5) is 7.33. The van der Waals surface area contributed by atoms with Crippen LogP contribution in [0.4, 0.5) is 13.2 Å². The average molecular weight is 404 g/mol. The van der Waals surface area contributed by atoms with Crippen LogP contribution in [0.5, 0.6) is 0 Å². The Kier molecular flexibility index (Phi) is 7.77. The third-order valence-electron chi connectivity index (χ3n) is 1.83. The molecule has 9 heteroatoms. The van der Waals surface area contributed by atoms with Gasteiger partial charge in [-0.1, -0.05) is 5.92 Å². The average Bonchev–Trinajstić information content (AvgIpc) is 2.78. The van der Waals surface area contributed by atoms with Crippen molar-refractivity contribution in [1.82, 2.24) is 15.6 Å². The van der Waals surface area contributed by atoms with Crippen LogP contribution in [0.2, 0.25) is 0 Å². The summed E-state index contributed by atoms with van der Waals surface area (Å²) >= 11 is 0.936. The van der Waals surface area contributed by atoms with E-state index >= 15 is 0 Å². The normalized spacial score (nSPS) is 11.4. The molecule has 0 atom stereocenters. The predicted molar refractivity (Wildman–Crippen MR) is 79.6 cm³/mol. The molecule has 1 rings (SSSR count). The highest BCUT2D eigenvalue weighted by Crippen LogP contribution is 2.29. The predicted octanol–water partition coefficient (Wildman–Crippen LogP) is 2.08. The van der Waals surface area contributed by atoms with Gasteiger partial charge in [0.05, 0.1) is 13.1 Å². The maximum atomic E-state index is 12.3. The summed E-state index contributed by atoms with van der Waals surface area (Å²) in [6.45, 7) is 0.441. The summed E-state index contributed by atoms with van der Waals surface area (Å²) in [5.41, 5.74) is -0.879. The van der Waals surface area contributed by atoms with Crippen LogP contribution >= 0.6 is 35.3 Å². The van der Waals surface area contributed by atoms with Crippen LogP contribution in [0, 0.1) is 12.3 Å². The second-order valence-electron chi connectivity index (χ2n) is 3.11. The highest BCUT2D eigenvalue weighted by molar-refractivity contribution is 14.0. The highest BCUT2D eigenvalue weighted by atomic mass is 127. The third kappa shape index (κ3) is 6.11. The molecular weight excluding hydrogens is 392 g/mol. The summed E-state index contributed by atoms with van der Waals surface area (Å²) < 4.78 is 36.9. The second kappa shape index (κ2) is 8.21. The van der Waals surface area contributed by atoms with Crippen molar-refractivity contribution in [3.63, 3.8) is 0 Å². The van der Waals surface area contributed by atoms with E-state index in [1.165, 1.54) is 7.05 Å². The van der Waals surface area contributed by atoms with Crippen LogP contribution in [0.25, 0.3) is 0 Å². The van der Waals surface area contributed by atoms with E-state index in [0.29, 0.717) is 11.0 Å². The number of guanidine groups is 1. The van der Waals surface area contributed by atoms with Gasteiger partial charge in [-0.05, 0) is 0 Å². The van der Waals surface area contributed by atoms with Crippen molar-refractivity contribution in [1.29, 1.82) is 0 Å². The molecule has 2 N–H and O–H groups in total. The summed E-state index contributed by atoms with van der Waals surface area (Å²) in [6, 6.07) is 0. The minimum absolute atomic E-state index is 0. The Bertz CT molecular complexity index is 464. The first-order chi connectivity index (χ1) is 8.47. The first kappa shape index (κ1) is 18.0. The molecule has 0 saturated carbocycles. The van der Waals surface area contributed by atoms with Gasteiger partial charge in [-0.15, -0.1) is 41.7 Å². The van der Waals surface area contributed by atoms with Crippen molar-refractivity contribution in [2.75, 3.05) is 13.6 Å². The van der Waals surface area contributed by atoms with E-state index in [-0.39, 0.29) is 37.1 Å². The van der Waals surface area contributed by atoms with Crippen molar-refractivity contribution < 1.29 is 13.2 Å². The van der Waals surface area contributed by atoms with Crippen molar-refractivity contribution in [3.8, 4) is 12.3 Å². The molecule has 1 aromatic rings. The second-order valence-corrected chi connectivity index (χ2v) is 4.05. The summed E-state index contributed by atoms with van der Waals surface area (Å²) in [7, 11) is 1.54. The number of halogens is 4. The molecule has 19 heavy (non-hydrogen) atoms. The number of rotatable bonds is 3. The fraction of sp³-hybridized carbons (Fsp3) is 0.400. The summed E-state index contributed by atoms with van der Waals surface area (Å²) in [6.07, 6.45) is 0.655. The number of aliphatic imine (C=N–C) groups is 1. The summed E-state index contributed by atoms with van der Waals surface area (Å²) in [5, 5.41) is 6.90. The van der Waals surface area contributed by atoms with Gasteiger partial charge in [-0.3, -0.25) is 4.99 Å². The first-order valence-corrected chi connectivity index (χ1v) is 5.75. The van der Waals surface area contributed by atoms with Gasteiger partial charge < -0.3 is 10.6 Å². The fourth-order valence-corrected chi connectivity index (χ4v) is 1.78. The van der Waals surface area contributed by atoms with Gasteiger partial charge >= 0.3 is 6.18 Å². The molecule has 0 aliphatic heterocycles. The Morgan fingerprint density at radius 3 is 2.68 bits per heavy atom. The summed E-state index contributed by atoms with van der Waals surface area (Å²) in [5.74, 6) is 2.77. The van der Waals surface area contributed by atoms with Gasteiger partial charge in [0, 0.05) is 12.4 Å². The zero-order valence-electron chi connectivity index (χ0n) is 9.91. The van der Waals surface area contributed by atoms with E-state index in [1.807, 2.05) is 0 Å². The Hall–Kier alpha value is -1.02. The molecule has 0 aromatic carbocycles. The molecule has 0 radical (unpaired) electrons. The number of aromatic nitrogens is 1. The molecule has 0 bridgehead atoms. The molecule has 0 saturated heterocycles. The van der Waals surface area contributed by atoms with Crippen molar-refractivity contribution >= 4 is 41.3 Å². The molecule has 0 amide bonds. The quantitative estimate of drug-likeness (QED) is 0.351. The number of nitrogens with zero attached hydrogens (tertiary/aromatic N) is 2. The maximum absolute atomic E-state index is 12.3. The minimum Gasteiger partial charge on any atom is -0.350 e. The van der Waals surface area contributed by atoms with E-state index in [0.717, 1.165) is 16.7 Å². The lowest BCUT2D eigenvalue weighted by Gasteiger charge is -2.08. The molecule has 0 spiro atoms. The SMILES string of the molecule is C#CCNC(=NC)NCc1nc(C(F)(F)F)cs1.I. The molecular formula is C10H12F3IN4S. The van der Waals surface area contributed by atoms with Crippen LogP contribution in [-0.2, 0) is 12.7 Å². The molecule has 1 aromatic heterocycles. The van der Waals surface area contributed by atoms with Crippen LogP contribution < -0.4 is 10.6 Å².